The average molecular weight is 277 g/mol. The molecule has 1 aliphatic heterocycles. The summed E-state index contributed by atoms with van der Waals surface area (Å²) in [6, 6.07) is 6.97. The zero-order valence-electron chi connectivity index (χ0n) is 11.5. The van der Waals surface area contributed by atoms with E-state index in [0.717, 1.165) is 13.0 Å². The predicted molar refractivity (Wildman–Crippen MR) is 74.5 cm³/mol. The van der Waals surface area contributed by atoms with Crippen molar-refractivity contribution >= 4 is 11.8 Å². The Morgan fingerprint density at radius 3 is 2.80 bits per heavy atom. The van der Waals surface area contributed by atoms with E-state index in [9.17, 15) is 9.59 Å². The second kappa shape index (κ2) is 6.38. The predicted octanol–water partition coefficient (Wildman–Crippen LogP) is -0.0154. The molecule has 20 heavy (non-hydrogen) atoms. The molecule has 0 aliphatic carbocycles. The van der Waals surface area contributed by atoms with Gasteiger partial charge in [-0.15, -0.1) is 0 Å². The van der Waals surface area contributed by atoms with Gasteiger partial charge in [-0.3, -0.25) is 9.59 Å². The van der Waals surface area contributed by atoms with Crippen molar-refractivity contribution in [2.75, 3.05) is 26.7 Å². The highest BCUT2D eigenvalue weighted by Gasteiger charge is 2.29. The van der Waals surface area contributed by atoms with Gasteiger partial charge in [0.2, 0.25) is 5.91 Å². The van der Waals surface area contributed by atoms with E-state index in [0.29, 0.717) is 17.9 Å². The molecule has 1 atom stereocenters. The van der Waals surface area contributed by atoms with Gasteiger partial charge in [-0.2, -0.15) is 0 Å². The van der Waals surface area contributed by atoms with E-state index in [1.165, 1.54) is 12.0 Å². The van der Waals surface area contributed by atoms with Crippen LogP contribution < -0.4 is 15.8 Å². The Balaban J connectivity index is 2.27. The van der Waals surface area contributed by atoms with E-state index in [4.69, 9.17) is 10.5 Å². The van der Waals surface area contributed by atoms with Gasteiger partial charge in [0.05, 0.1) is 19.2 Å². The van der Waals surface area contributed by atoms with Gasteiger partial charge in [0, 0.05) is 12.6 Å². The molecule has 1 unspecified atom stereocenters. The summed E-state index contributed by atoms with van der Waals surface area (Å²) >= 11 is 0. The molecule has 1 saturated heterocycles. The van der Waals surface area contributed by atoms with Crippen molar-refractivity contribution in [2.24, 2.45) is 5.73 Å². The van der Waals surface area contributed by atoms with Gasteiger partial charge in [-0.1, -0.05) is 12.1 Å². The monoisotopic (exact) mass is 277 g/mol. The smallest absolute Gasteiger partial charge is 0.258 e. The molecule has 3 N–H and O–H groups in total. The minimum Gasteiger partial charge on any atom is -0.496 e. The molecule has 108 valence electrons. The lowest BCUT2D eigenvalue weighted by molar-refractivity contribution is -0.119. The van der Waals surface area contributed by atoms with Crippen LogP contribution in [0.5, 0.6) is 5.75 Å². The summed E-state index contributed by atoms with van der Waals surface area (Å²) in [5.74, 6) is -0.243. The third kappa shape index (κ3) is 3.08. The molecule has 0 radical (unpaired) electrons. The number of nitrogens with two attached hydrogens (primary N) is 1. The van der Waals surface area contributed by atoms with E-state index in [1.807, 2.05) is 0 Å². The van der Waals surface area contributed by atoms with Crippen LogP contribution in [0.15, 0.2) is 24.3 Å². The van der Waals surface area contributed by atoms with Crippen molar-refractivity contribution < 1.29 is 14.3 Å². The van der Waals surface area contributed by atoms with Crippen LogP contribution in [0.1, 0.15) is 16.8 Å². The fourth-order valence-corrected chi connectivity index (χ4v) is 2.42. The van der Waals surface area contributed by atoms with Crippen LogP contribution in [0.4, 0.5) is 0 Å². The van der Waals surface area contributed by atoms with Crippen LogP contribution in [0.25, 0.3) is 0 Å². The molecule has 0 saturated carbocycles. The largest absolute Gasteiger partial charge is 0.496 e. The first kappa shape index (κ1) is 14.3. The maximum absolute atomic E-state index is 12.7. The Bertz CT molecular complexity index is 498. The molecule has 0 spiro atoms. The molecule has 0 bridgehead atoms. The lowest BCUT2D eigenvalue weighted by Crippen LogP contribution is -2.46. The first-order valence-corrected chi connectivity index (χ1v) is 6.56. The van der Waals surface area contributed by atoms with Gasteiger partial charge in [-0.25, -0.2) is 0 Å². The minimum atomic E-state index is -0.514. The third-order valence-electron chi connectivity index (χ3n) is 3.40. The van der Waals surface area contributed by atoms with Gasteiger partial charge in [-0.05, 0) is 25.1 Å². The van der Waals surface area contributed by atoms with Crippen LogP contribution in [-0.4, -0.2) is 49.5 Å². The first-order chi connectivity index (χ1) is 9.63. The molecule has 1 fully saturated rings. The zero-order chi connectivity index (χ0) is 14.5. The number of rotatable bonds is 5. The first-order valence-electron chi connectivity index (χ1n) is 6.56. The number of hydrogen-bond donors (Lipinski definition) is 2. The second-order valence-electron chi connectivity index (χ2n) is 4.75. The summed E-state index contributed by atoms with van der Waals surface area (Å²) < 4.78 is 5.20. The Morgan fingerprint density at radius 1 is 1.45 bits per heavy atom. The summed E-state index contributed by atoms with van der Waals surface area (Å²) in [6.07, 6.45) is 0.814. The number of nitrogens with zero attached hydrogens (tertiary/aromatic N) is 1. The standard InChI is InChI=1S/C14H19N3O3/c1-20-12-5-3-2-4-11(12)14(19)17(9-13(15)18)10-6-7-16-8-10/h2-5,10,16H,6-9H2,1H3,(H2,15,18). The highest BCUT2D eigenvalue weighted by Crippen LogP contribution is 2.21. The number of carbonyl (C=O) groups excluding carboxylic acids is 2. The van der Waals surface area contributed by atoms with Crippen LogP contribution >= 0.6 is 0 Å². The van der Waals surface area contributed by atoms with Gasteiger partial charge in [0.15, 0.2) is 0 Å². The maximum atomic E-state index is 12.7. The Kier molecular flexibility index (Phi) is 4.57. The molecule has 2 rings (SSSR count). The van der Waals surface area contributed by atoms with E-state index < -0.39 is 5.91 Å². The summed E-state index contributed by atoms with van der Waals surface area (Å²) in [6.45, 7) is 1.43. The number of primary amides is 1. The number of methoxy groups -OCH3 is 1. The van der Waals surface area contributed by atoms with E-state index in [1.54, 1.807) is 24.3 Å². The normalized spacial score (nSPS) is 17.8. The van der Waals surface area contributed by atoms with Gasteiger partial charge < -0.3 is 20.7 Å². The molecule has 1 heterocycles. The number of hydrogen-bond acceptors (Lipinski definition) is 4. The number of amides is 2. The van der Waals surface area contributed by atoms with Crippen LogP contribution in [0.3, 0.4) is 0 Å². The number of para-hydroxylation sites is 1. The second-order valence-corrected chi connectivity index (χ2v) is 4.75. The molecule has 6 heteroatoms. The summed E-state index contributed by atoms with van der Waals surface area (Å²) in [4.78, 5) is 25.4. The fraction of sp³-hybridized carbons (Fsp3) is 0.429. The van der Waals surface area contributed by atoms with Crippen LogP contribution in [0.2, 0.25) is 0 Å². The number of ether oxygens (including phenoxy) is 1. The topological polar surface area (TPSA) is 84.7 Å². The van der Waals surface area contributed by atoms with Crippen molar-refractivity contribution in [3.63, 3.8) is 0 Å². The van der Waals surface area contributed by atoms with Crippen molar-refractivity contribution in [3.8, 4) is 5.75 Å². The van der Waals surface area contributed by atoms with Gasteiger partial charge >= 0.3 is 0 Å². The quantitative estimate of drug-likeness (QED) is 0.792. The minimum absolute atomic E-state index is 0.0140. The Morgan fingerprint density at radius 2 is 2.20 bits per heavy atom. The highest BCUT2D eigenvalue weighted by atomic mass is 16.5. The van der Waals surface area contributed by atoms with Crippen molar-refractivity contribution in [3.05, 3.63) is 29.8 Å². The Hall–Kier alpha value is -2.08. The molecule has 2 amide bonds. The van der Waals surface area contributed by atoms with Gasteiger partial charge in [0.1, 0.15) is 5.75 Å². The third-order valence-corrected chi connectivity index (χ3v) is 3.40. The average Bonchev–Trinajstić information content (AvgIpc) is 2.97. The summed E-state index contributed by atoms with van der Waals surface area (Å²) in [5.41, 5.74) is 5.71. The maximum Gasteiger partial charge on any atom is 0.258 e. The van der Waals surface area contributed by atoms with E-state index in [-0.39, 0.29) is 18.5 Å². The van der Waals surface area contributed by atoms with Crippen LogP contribution in [-0.2, 0) is 4.79 Å². The summed E-state index contributed by atoms with van der Waals surface area (Å²) in [7, 11) is 1.52. The lowest BCUT2D eigenvalue weighted by atomic mass is 10.1. The van der Waals surface area contributed by atoms with Crippen molar-refractivity contribution in [1.82, 2.24) is 10.2 Å². The lowest BCUT2D eigenvalue weighted by Gasteiger charge is -2.27. The summed E-state index contributed by atoms with van der Waals surface area (Å²) in [5, 5.41) is 3.18. The fourth-order valence-electron chi connectivity index (χ4n) is 2.42. The molecular weight excluding hydrogens is 258 g/mol. The van der Waals surface area contributed by atoms with E-state index >= 15 is 0 Å². The zero-order valence-corrected chi connectivity index (χ0v) is 11.5. The molecule has 1 aromatic rings. The van der Waals surface area contributed by atoms with E-state index in [2.05, 4.69) is 5.32 Å². The van der Waals surface area contributed by atoms with Crippen LogP contribution in [0, 0.1) is 0 Å². The number of benzene rings is 1. The molecular formula is C14H19N3O3. The number of carbonyl (C=O) groups is 2. The Labute approximate surface area is 117 Å². The van der Waals surface area contributed by atoms with Gasteiger partial charge in [0.25, 0.3) is 5.91 Å². The number of nitrogens with one attached hydrogen (secondary N) is 1. The highest BCUT2D eigenvalue weighted by molar-refractivity contribution is 5.98. The molecule has 1 aromatic carbocycles. The molecule has 1 aliphatic rings. The SMILES string of the molecule is COc1ccccc1C(=O)N(CC(N)=O)C1CCNC1. The van der Waals surface area contributed by atoms with Crippen molar-refractivity contribution in [1.29, 1.82) is 0 Å². The molecule has 0 aromatic heterocycles. The molecule has 6 nitrogen and oxygen atoms in total. The van der Waals surface area contributed by atoms with Crippen molar-refractivity contribution in [2.45, 2.75) is 12.5 Å².